The van der Waals surface area contributed by atoms with Crippen LogP contribution in [-0.2, 0) is 13.6 Å². The van der Waals surface area contributed by atoms with Crippen molar-refractivity contribution in [1.82, 2.24) is 9.78 Å². The lowest BCUT2D eigenvalue weighted by Gasteiger charge is -2.39. The minimum Gasteiger partial charge on any atom is -0.240 e. The maximum atomic E-state index is 13.5. The van der Waals surface area contributed by atoms with Gasteiger partial charge in [0.2, 0.25) is 6.33 Å². The van der Waals surface area contributed by atoms with Crippen LogP contribution in [0, 0.1) is 0 Å². The second-order valence-electron chi connectivity index (χ2n) is 5.42. The number of hydrogen-bond donors (Lipinski definition) is 0. The van der Waals surface area contributed by atoms with Gasteiger partial charge in [-0.3, -0.25) is 0 Å². The first-order valence-corrected chi connectivity index (χ1v) is 6.56. The average Bonchev–Trinajstić information content (AvgIpc) is 2.89. The van der Waals surface area contributed by atoms with Crippen LogP contribution in [0.2, 0.25) is 0 Å². The fraction of sp³-hybridized carbons (Fsp3) is 0.818. The van der Waals surface area contributed by atoms with Crippen LogP contribution in [0.3, 0.4) is 0 Å². The van der Waals surface area contributed by atoms with Crippen LogP contribution in [0.4, 0.5) is 57.1 Å². The molecule has 0 amide bonds. The molecule has 0 bridgehead atoms. The van der Waals surface area contributed by atoms with E-state index in [4.69, 9.17) is 0 Å². The van der Waals surface area contributed by atoms with Crippen LogP contribution in [0.25, 0.3) is 0 Å². The predicted octanol–water partition coefficient (Wildman–Crippen LogP) is 3.84. The average molecular weight is 430 g/mol. The van der Waals surface area contributed by atoms with E-state index in [0.29, 0.717) is 4.68 Å². The number of rotatable bonds is 7. The molecular formula is C11H9F13N3+. The Kier molecular flexibility index (Phi) is 5.51. The van der Waals surface area contributed by atoms with Crippen LogP contribution >= 0.6 is 0 Å². The highest BCUT2D eigenvalue weighted by molar-refractivity contribution is 5.10. The maximum absolute atomic E-state index is 13.5. The van der Waals surface area contributed by atoms with Crippen molar-refractivity contribution in [2.24, 2.45) is 7.05 Å². The molecule has 3 nitrogen and oxygen atoms in total. The number of nitrogens with zero attached hydrogens (tertiary/aromatic N) is 3. The van der Waals surface area contributed by atoms with E-state index in [9.17, 15) is 57.1 Å². The highest BCUT2D eigenvalue weighted by Crippen LogP contribution is 2.60. The standard InChI is InChI=1S/C11H9F13N3/c1-26-4-25-27(5-26)3-2-6(12,13)7(14,15)8(16,17)9(18,19)10(20,21)11(22,23)24/h4-5H,2-3H2,1H3/q+1. The molecule has 0 radical (unpaired) electrons. The summed E-state index contributed by atoms with van der Waals surface area (Å²) >= 11 is 0. The Morgan fingerprint density at radius 1 is 0.741 bits per heavy atom. The van der Waals surface area contributed by atoms with Crippen molar-refractivity contribution in [2.75, 3.05) is 0 Å². The van der Waals surface area contributed by atoms with Gasteiger partial charge in [-0.1, -0.05) is 0 Å². The molecule has 16 heteroatoms. The van der Waals surface area contributed by atoms with Crippen molar-refractivity contribution in [1.29, 1.82) is 0 Å². The van der Waals surface area contributed by atoms with Crippen molar-refractivity contribution in [3.63, 3.8) is 0 Å². The number of alkyl halides is 13. The van der Waals surface area contributed by atoms with Crippen LogP contribution < -0.4 is 4.57 Å². The molecule has 158 valence electrons. The molecular weight excluding hydrogens is 421 g/mol. The largest absolute Gasteiger partial charge is 0.460 e. The van der Waals surface area contributed by atoms with Crippen LogP contribution in [0.15, 0.2) is 12.7 Å². The van der Waals surface area contributed by atoms with Crippen molar-refractivity contribution in [3.05, 3.63) is 12.7 Å². The van der Waals surface area contributed by atoms with Gasteiger partial charge in [0.25, 0.3) is 6.33 Å². The van der Waals surface area contributed by atoms with Gasteiger partial charge < -0.3 is 0 Å². The van der Waals surface area contributed by atoms with Gasteiger partial charge in [0.05, 0.1) is 13.5 Å². The summed E-state index contributed by atoms with van der Waals surface area (Å²) in [5, 5.41) is 3.28. The Morgan fingerprint density at radius 3 is 1.56 bits per heavy atom. The van der Waals surface area contributed by atoms with E-state index in [0.717, 1.165) is 17.2 Å². The zero-order valence-corrected chi connectivity index (χ0v) is 12.8. The van der Waals surface area contributed by atoms with Crippen molar-refractivity contribution >= 4 is 0 Å². The van der Waals surface area contributed by atoms with E-state index < -0.39 is 48.8 Å². The Bertz CT molecular complexity index is 661. The molecule has 1 aromatic rings. The summed E-state index contributed by atoms with van der Waals surface area (Å²) in [5.41, 5.74) is 0. The summed E-state index contributed by atoms with van der Waals surface area (Å²) < 4.78 is 169. The van der Waals surface area contributed by atoms with E-state index >= 15 is 0 Å². The molecule has 1 aromatic heterocycles. The molecule has 0 aliphatic carbocycles. The van der Waals surface area contributed by atoms with Gasteiger partial charge in [-0.25, -0.2) is 4.57 Å². The first kappa shape index (κ1) is 23.3. The van der Waals surface area contributed by atoms with Crippen molar-refractivity contribution in [3.8, 4) is 0 Å². The molecule has 0 spiro atoms. The van der Waals surface area contributed by atoms with Gasteiger partial charge in [0.15, 0.2) is 0 Å². The van der Waals surface area contributed by atoms with Crippen molar-refractivity contribution < 1.29 is 61.6 Å². The molecule has 0 N–H and O–H groups in total. The third kappa shape index (κ3) is 3.53. The number of aryl methyl sites for hydroxylation is 2. The summed E-state index contributed by atoms with van der Waals surface area (Å²) in [5.74, 6) is -36.7. The fourth-order valence-electron chi connectivity index (χ4n) is 1.75. The van der Waals surface area contributed by atoms with Gasteiger partial charge in [-0.05, 0) is 0 Å². The molecule has 0 unspecified atom stereocenters. The lowest BCUT2D eigenvalue weighted by molar-refractivity contribution is -0.672. The first-order valence-electron chi connectivity index (χ1n) is 6.56. The van der Waals surface area contributed by atoms with Crippen molar-refractivity contribution in [2.45, 2.75) is 48.8 Å². The lowest BCUT2D eigenvalue weighted by Crippen LogP contribution is -2.70. The molecule has 1 rings (SSSR count). The summed E-state index contributed by atoms with van der Waals surface area (Å²) in [7, 11) is 1.28. The molecule has 1 heterocycles. The molecule has 0 saturated carbocycles. The summed E-state index contributed by atoms with van der Waals surface area (Å²) in [6, 6.07) is 0. The second-order valence-corrected chi connectivity index (χ2v) is 5.42. The molecule has 0 aliphatic rings. The lowest BCUT2D eigenvalue weighted by atomic mass is 9.92. The second kappa shape index (κ2) is 6.39. The Morgan fingerprint density at radius 2 is 1.19 bits per heavy atom. The smallest absolute Gasteiger partial charge is 0.240 e. The van der Waals surface area contributed by atoms with Gasteiger partial charge in [0, 0.05) is 5.10 Å². The van der Waals surface area contributed by atoms with Crippen LogP contribution in [0.1, 0.15) is 6.42 Å². The third-order valence-corrected chi connectivity index (χ3v) is 3.35. The van der Waals surface area contributed by atoms with E-state index in [1.807, 2.05) is 0 Å². The predicted molar refractivity (Wildman–Crippen MR) is 58.8 cm³/mol. The number of halogens is 13. The zero-order valence-electron chi connectivity index (χ0n) is 12.8. The van der Waals surface area contributed by atoms with Crippen LogP contribution in [-0.4, -0.2) is 45.6 Å². The minimum atomic E-state index is -7.87. The highest BCUT2D eigenvalue weighted by Gasteiger charge is 2.90. The van der Waals surface area contributed by atoms with E-state index in [1.165, 1.54) is 7.05 Å². The highest BCUT2D eigenvalue weighted by atomic mass is 19.4. The van der Waals surface area contributed by atoms with Gasteiger partial charge in [-0.2, -0.15) is 57.1 Å². The minimum absolute atomic E-state index is 0.491. The first-order chi connectivity index (χ1) is 11.7. The summed E-state index contributed by atoms with van der Waals surface area (Å²) in [6.45, 7) is -1.26. The molecule has 27 heavy (non-hydrogen) atoms. The quantitative estimate of drug-likeness (QED) is 0.476. The molecule has 0 saturated heterocycles. The third-order valence-electron chi connectivity index (χ3n) is 3.35. The Balaban J connectivity index is 3.24. The van der Waals surface area contributed by atoms with E-state index in [-0.39, 0.29) is 0 Å². The maximum Gasteiger partial charge on any atom is 0.460 e. The molecule has 0 atom stereocenters. The SMILES string of the molecule is C[n+]1cnn(CCC(F)(F)C(F)(F)C(F)(F)C(F)(F)C(F)(F)C(F)(F)F)c1. The fourth-order valence-corrected chi connectivity index (χ4v) is 1.75. The monoisotopic (exact) mass is 430 g/mol. The topological polar surface area (TPSA) is 21.7 Å². The van der Waals surface area contributed by atoms with Gasteiger partial charge in [0.1, 0.15) is 6.54 Å². The van der Waals surface area contributed by atoms with Gasteiger partial charge in [-0.15, -0.1) is 4.68 Å². The van der Waals surface area contributed by atoms with E-state index in [1.54, 1.807) is 0 Å². The molecule has 0 fully saturated rings. The zero-order chi connectivity index (χ0) is 21.7. The molecule has 0 aromatic carbocycles. The van der Waals surface area contributed by atoms with E-state index in [2.05, 4.69) is 5.10 Å². The summed E-state index contributed by atoms with van der Waals surface area (Å²) in [4.78, 5) is 0. The number of aromatic nitrogens is 3. The normalized spacial score (nSPS) is 15.3. The summed E-state index contributed by atoms with van der Waals surface area (Å²) in [6.07, 6.45) is -7.89. The Labute approximate surface area is 141 Å². The molecule has 0 aliphatic heterocycles. The van der Waals surface area contributed by atoms with Gasteiger partial charge >= 0.3 is 35.8 Å². The van der Waals surface area contributed by atoms with Crippen LogP contribution in [0.5, 0.6) is 0 Å². The number of hydrogen-bond acceptors (Lipinski definition) is 1. The Hall–Kier alpha value is -1.77.